The summed E-state index contributed by atoms with van der Waals surface area (Å²) in [4.78, 5) is 0. The maximum Gasteiger partial charge on any atom is 0.0700 e. The van der Waals surface area contributed by atoms with Crippen LogP contribution in [-0.4, -0.2) is 22.4 Å². The summed E-state index contributed by atoms with van der Waals surface area (Å²) in [6.07, 6.45) is 2.55. The summed E-state index contributed by atoms with van der Waals surface area (Å²) in [5.41, 5.74) is 0. The molecule has 0 aliphatic carbocycles. The van der Waals surface area contributed by atoms with E-state index in [1.54, 1.807) is 36.8 Å². The predicted molar refractivity (Wildman–Crippen MR) is 49.2 cm³/mol. The molecule has 2 N–H and O–H groups in total. The average molecular weight is 174 g/mol. The van der Waals surface area contributed by atoms with Gasteiger partial charge in [-0.15, -0.1) is 11.8 Å². The van der Waals surface area contributed by atoms with E-state index in [1.807, 2.05) is 0 Å². The van der Waals surface area contributed by atoms with Gasteiger partial charge in [-0.25, -0.2) is 0 Å². The zero-order chi connectivity index (χ0) is 8.69. The van der Waals surface area contributed by atoms with Crippen LogP contribution in [0.25, 0.3) is 0 Å². The summed E-state index contributed by atoms with van der Waals surface area (Å²) in [6.45, 7) is 3.38. The lowest BCUT2D eigenvalue weighted by molar-refractivity contribution is 0.244. The van der Waals surface area contributed by atoms with Crippen LogP contribution in [0.1, 0.15) is 13.8 Å². The van der Waals surface area contributed by atoms with Crippen molar-refractivity contribution < 1.29 is 10.2 Å². The summed E-state index contributed by atoms with van der Waals surface area (Å²) in [6, 6.07) is 0. The molecule has 0 aromatic heterocycles. The second kappa shape index (κ2) is 6.46. The van der Waals surface area contributed by atoms with E-state index in [1.165, 1.54) is 11.8 Å². The highest BCUT2D eigenvalue weighted by Crippen LogP contribution is 2.05. The number of aliphatic hydroxyl groups excluding tert-OH is 2. The molecule has 0 amide bonds. The first-order chi connectivity index (χ1) is 5.13. The van der Waals surface area contributed by atoms with E-state index in [-0.39, 0.29) is 0 Å². The van der Waals surface area contributed by atoms with Gasteiger partial charge >= 0.3 is 0 Å². The molecule has 2 nitrogen and oxygen atoms in total. The van der Waals surface area contributed by atoms with Gasteiger partial charge in [0.05, 0.1) is 12.2 Å². The molecule has 0 aliphatic heterocycles. The second-order valence-corrected chi connectivity index (χ2v) is 3.09. The zero-order valence-electron chi connectivity index (χ0n) is 6.77. The van der Waals surface area contributed by atoms with Gasteiger partial charge in [-0.1, -0.05) is 0 Å². The molecule has 3 heteroatoms. The predicted octanol–water partition coefficient (Wildman–Crippen LogP) is 1.51. The lowest BCUT2D eigenvalue weighted by atomic mass is 10.4. The Bertz CT molecular complexity index is 123. The van der Waals surface area contributed by atoms with Crippen LogP contribution in [0.15, 0.2) is 23.0 Å². The lowest BCUT2D eigenvalue weighted by Gasteiger charge is -1.92. The highest BCUT2D eigenvalue weighted by atomic mass is 32.2. The Morgan fingerprint density at radius 3 is 1.64 bits per heavy atom. The molecule has 0 radical (unpaired) electrons. The van der Waals surface area contributed by atoms with Gasteiger partial charge in [0.2, 0.25) is 0 Å². The fourth-order valence-electron chi connectivity index (χ4n) is 0.363. The minimum absolute atomic E-state index is 0.401. The molecule has 0 aliphatic rings. The molecule has 0 bridgehead atoms. The molecule has 0 aromatic carbocycles. The van der Waals surface area contributed by atoms with E-state index < -0.39 is 12.2 Å². The number of rotatable bonds is 4. The van der Waals surface area contributed by atoms with Crippen molar-refractivity contribution in [2.75, 3.05) is 0 Å². The van der Waals surface area contributed by atoms with E-state index in [4.69, 9.17) is 10.2 Å². The van der Waals surface area contributed by atoms with Gasteiger partial charge < -0.3 is 10.2 Å². The van der Waals surface area contributed by atoms with E-state index in [2.05, 4.69) is 0 Å². The minimum Gasteiger partial charge on any atom is -0.389 e. The largest absolute Gasteiger partial charge is 0.389 e. The van der Waals surface area contributed by atoms with Crippen molar-refractivity contribution in [3.63, 3.8) is 0 Å². The summed E-state index contributed by atoms with van der Waals surface area (Å²) in [5, 5.41) is 21.1. The fraction of sp³-hybridized carbons (Fsp3) is 0.500. The van der Waals surface area contributed by atoms with Crippen LogP contribution in [0.2, 0.25) is 0 Å². The molecular weight excluding hydrogens is 160 g/mol. The van der Waals surface area contributed by atoms with E-state index in [0.29, 0.717) is 0 Å². The number of hydrogen-bond donors (Lipinski definition) is 2. The Morgan fingerprint density at radius 2 is 1.36 bits per heavy atom. The van der Waals surface area contributed by atoms with Gasteiger partial charge in [0, 0.05) is 0 Å². The molecular formula is C8H14O2S. The molecule has 0 saturated carbocycles. The Kier molecular flexibility index (Phi) is 6.31. The van der Waals surface area contributed by atoms with Crippen LogP contribution in [-0.2, 0) is 0 Å². The molecule has 0 heterocycles. The molecule has 0 aromatic rings. The van der Waals surface area contributed by atoms with Crippen molar-refractivity contribution in [3.05, 3.63) is 23.0 Å². The van der Waals surface area contributed by atoms with Crippen molar-refractivity contribution in [3.8, 4) is 0 Å². The summed E-state index contributed by atoms with van der Waals surface area (Å²) in [5.74, 6) is 0. The maximum absolute atomic E-state index is 8.79. The molecule has 2 atom stereocenters. The highest BCUT2D eigenvalue weighted by Gasteiger charge is 1.84. The molecule has 64 valence electrons. The monoisotopic (exact) mass is 174 g/mol. The fourth-order valence-corrected chi connectivity index (χ4v) is 1.09. The van der Waals surface area contributed by atoms with Crippen molar-refractivity contribution in [2.45, 2.75) is 26.1 Å². The first kappa shape index (κ1) is 10.8. The number of thioether (sulfide) groups is 1. The third-order valence-electron chi connectivity index (χ3n) is 0.871. The van der Waals surface area contributed by atoms with Gasteiger partial charge in [-0.2, -0.15) is 0 Å². The number of aliphatic hydroxyl groups is 2. The Labute approximate surface area is 71.6 Å². The van der Waals surface area contributed by atoms with Crippen LogP contribution >= 0.6 is 11.8 Å². The summed E-state index contributed by atoms with van der Waals surface area (Å²) < 4.78 is 0. The Balaban J connectivity index is 3.41. The molecule has 2 unspecified atom stereocenters. The first-order valence-corrected chi connectivity index (χ1v) is 4.42. The van der Waals surface area contributed by atoms with Gasteiger partial charge in [-0.05, 0) is 36.8 Å². The standard InChI is InChI=1S/C8H14O2S/c1-7(9)3-5-11-6-4-8(2)10/h3-10H,1-2H3/b5-3+,6-4+. The quantitative estimate of drug-likeness (QED) is 0.678. The van der Waals surface area contributed by atoms with Crippen LogP contribution in [0, 0.1) is 0 Å². The van der Waals surface area contributed by atoms with Crippen LogP contribution < -0.4 is 0 Å². The van der Waals surface area contributed by atoms with Crippen molar-refractivity contribution >= 4 is 11.8 Å². The van der Waals surface area contributed by atoms with E-state index in [0.717, 1.165) is 0 Å². The zero-order valence-corrected chi connectivity index (χ0v) is 7.58. The van der Waals surface area contributed by atoms with Gasteiger partial charge in [0.15, 0.2) is 0 Å². The van der Waals surface area contributed by atoms with Crippen molar-refractivity contribution in [2.24, 2.45) is 0 Å². The summed E-state index contributed by atoms with van der Waals surface area (Å²) in [7, 11) is 0. The van der Waals surface area contributed by atoms with Gasteiger partial charge in [0.1, 0.15) is 0 Å². The van der Waals surface area contributed by atoms with Crippen LogP contribution in [0.3, 0.4) is 0 Å². The van der Waals surface area contributed by atoms with Gasteiger partial charge in [0.25, 0.3) is 0 Å². The molecule has 0 spiro atoms. The van der Waals surface area contributed by atoms with Crippen LogP contribution in [0.4, 0.5) is 0 Å². The first-order valence-electron chi connectivity index (χ1n) is 3.48. The summed E-state index contributed by atoms with van der Waals surface area (Å²) >= 11 is 1.43. The third kappa shape index (κ3) is 9.75. The van der Waals surface area contributed by atoms with Gasteiger partial charge in [-0.3, -0.25) is 0 Å². The van der Waals surface area contributed by atoms with Crippen molar-refractivity contribution in [1.29, 1.82) is 0 Å². The molecule has 0 rings (SSSR count). The van der Waals surface area contributed by atoms with Crippen LogP contribution in [0.5, 0.6) is 0 Å². The van der Waals surface area contributed by atoms with E-state index in [9.17, 15) is 0 Å². The highest BCUT2D eigenvalue weighted by molar-refractivity contribution is 8.04. The second-order valence-electron chi connectivity index (χ2n) is 2.27. The maximum atomic E-state index is 8.79. The average Bonchev–Trinajstić information content (AvgIpc) is 1.85. The number of hydrogen-bond acceptors (Lipinski definition) is 3. The molecule has 0 saturated heterocycles. The normalized spacial score (nSPS) is 17.8. The third-order valence-corrected chi connectivity index (χ3v) is 1.50. The molecule has 0 fully saturated rings. The SMILES string of the molecule is CC(O)/C=C/S/C=C/C(C)O. The lowest BCUT2D eigenvalue weighted by Crippen LogP contribution is -1.91. The Morgan fingerprint density at radius 1 is 1.00 bits per heavy atom. The smallest absolute Gasteiger partial charge is 0.0700 e. The minimum atomic E-state index is -0.401. The topological polar surface area (TPSA) is 40.5 Å². The van der Waals surface area contributed by atoms with Crippen molar-refractivity contribution in [1.82, 2.24) is 0 Å². The Hall–Kier alpha value is -0.250. The van der Waals surface area contributed by atoms with E-state index >= 15 is 0 Å². The molecule has 11 heavy (non-hydrogen) atoms.